The molecule has 134 valence electrons. The lowest BCUT2D eigenvalue weighted by Crippen LogP contribution is -2.19. The Balaban J connectivity index is 1.51. The van der Waals surface area contributed by atoms with Crippen LogP contribution in [0.4, 0.5) is 16.2 Å². The van der Waals surface area contributed by atoms with Gasteiger partial charge in [-0.2, -0.15) is 0 Å². The molecule has 0 aliphatic heterocycles. The van der Waals surface area contributed by atoms with Gasteiger partial charge in [-0.25, -0.2) is 4.79 Å². The van der Waals surface area contributed by atoms with Crippen molar-refractivity contribution >= 4 is 40.1 Å². The number of carbonyl (C=O) groups is 1. The minimum absolute atomic E-state index is 0.262. The van der Waals surface area contributed by atoms with Gasteiger partial charge < -0.3 is 15.6 Å². The number of fused-ring (bicyclic) bond motifs is 1. The molecule has 0 atom stereocenters. The summed E-state index contributed by atoms with van der Waals surface area (Å²) in [5.74, 6) is 0. The molecule has 1 aromatic heterocycles. The Kier molecular flexibility index (Phi) is 4.85. The molecule has 0 aliphatic rings. The van der Waals surface area contributed by atoms with E-state index in [9.17, 15) is 4.79 Å². The molecule has 0 saturated carbocycles. The first-order chi connectivity index (χ1) is 13.2. The third kappa shape index (κ3) is 3.99. The molecule has 0 fully saturated rings. The van der Waals surface area contributed by atoms with Crippen LogP contribution in [0.5, 0.6) is 0 Å². The summed E-state index contributed by atoms with van der Waals surface area (Å²) < 4.78 is 0. The first kappa shape index (κ1) is 17.2. The third-order valence-corrected chi connectivity index (χ3v) is 5.01. The fourth-order valence-electron chi connectivity index (χ4n) is 2.99. The Labute approximate surface area is 162 Å². The number of urea groups is 1. The number of nitrogens with one attached hydrogen (secondary N) is 3. The number of rotatable bonds is 4. The molecule has 0 radical (unpaired) electrons. The van der Waals surface area contributed by atoms with Crippen LogP contribution in [0.15, 0.2) is 83.8 Å². The van der Waals surface area contributed by atoms with Crippen molar-refractivity contribution in [2.24, 2.45) is 0 Å². The Morgan fingerprint density at radius 2 is 1.59 bits per heavy atom. The maximum atomic E-state index is 12.3. The molecule has 3 N–H and O–H groups in total. The van der Waals surface area contributed by atoms with Crippen LogP contribution in [-0.2, 0) is 0 Å². The van der Waals surface area contributed by atoms with Gasteiger partial charge in [0.1, 0.15) is 0 Å². The van der Waals surface area contributed by atoms with Gasteiger partial charge in [0.2, 0.25) is 0 Å². The average molecular weight is 373 g/mol. The van der Waals surface area contributed by atoms with Crippen molar-refractivity contribution in [3.05, 3.63) is 78.9 Å². The van der Waals surface area contributed by atoms with E-state index in [0.717, 1.165) is 38.4 Å². The SMILES string of the molecule is CSc1cccc(NC(=O)Nc2cccc(-c3cc4ccccc4[nH]3)c2)c1. The van der Waals surface area contributed by atoms with Crippen LogP contribution in [0.2, 0.25) is 0 Å². The second-order valence-corrected chi connectivity index (χ2v) is 7.04. The van der Waals surface area contributed by atoms with E-state index in [0.29, 0.717) is 0 Å². The van der Waals surface area contributed by atoms with Crippen molar-refractivity contribution in [1.29, 1.82) is 0 Å². The molecule has 27 heavy (non-hydrogen) atoms. The molecule has 4 aromatic rings. The van der Waals surface area contributed by atoms with E-state index in [4.69, 9.17) is 0 Å². The molecule has 0 aliphatic carbocycles. The second-order valence-electron chi connectivity index (χ2n) is 6.16. The first-order valence-electron chi connectivity index (χ1n) is 8.61. The van der Waals surface area contributed by atoms with E-state index in [1.807, 2.05) is 66.9 Å². The molecule has 0 spiro atoms. The van der Waals surface area contributed by atoms with Gasteiger partial charge in [0, 0.05) is 38.4 Å². The van der Waals surface area contributed by atoms with Gasteiger partial charge in [0.25, 0.3) is 0 Å². The van der Waals surface area contributed by atoms with Gasteiger partial charge in [-0.15, -0.1) is 11.8 Å². The number of amides is 2. The minimum Gasteiger partial charge on any atom is -0.355 e. The maximum Gasteiger partial charge on any atom is 0.323 e. The molecule has 5 heteroatoms. The summed E-state index contributed by atoms with van der Waals surface area (Å²) in [6, 6.07) is 25.6. The largest absolute Gasteiger partial charge is 0.355 e. The monoisotopic (exact) mass is 373 g/mol. The van der Waals surface area contributed by atoms with Crippen LogP contribution in [0.1, 0.15) is 0 Å². The van der Waals surface area contributed by atoms with Crippen LogP contribution in [0, 0.1) is 0 Å². The summed E-state index contributed by atoms with van der Waals surface area (Å²) in [5, 5.41) is 6.94. The summed E-state index contributed by atoms with van der Waals surface area (Å²) in [4.78, 5) is 16.9. The Morgan fingerprint density at radius 3 is 2.37 bits per heavy atom. The van der Waals surface area contributed by atoms with E-state index in [2.05, 4.69) is 33.8 Å². The molecule has 4 nitrogen and oxygen atoms in total. The zero-order chi connectivity index (χ0) is 18.6. The lowest BCUT2D eigenvalue weighted by molar-refractivity contribution is 0.262. The molecule has 1 heterocycles. The van der Waals surface area contributed by atoms with E-state index in [-0.39, 0.29) is 6.03 Å². The second kappa shape index (κ2) is 7.60. The number of aromatic amines is 1. The minimum atomic E-state index is -0.262. The molecular weight excluding hydrogens is 354 g/mol. The molecule has 0 bridgehead atoms. The normalized spacial score (nSPS) is 10.7. The van der Waals surface area contributed by atoms with Gasteiger partial charge >= 0.3 is 6.03 Å². The zero-order valence-corrected chi connectivity index (χ0v) is 15.6. The van der Waals surface area contributed by atoms with Crippen molar-refractivity contribution in [3.8, 4) is 11.3 Å². The predicted molar refractivity (Wildman–Crippen MR) is 115 cm³/mol. The van der Waals surface area contributed by atoms with E-state index in [1.165, 1.54) is 0 Å². The lowest BCUT2D eigenvalue weighted by atomic mass is 10.1. The highest BCUT2D eigenvalue weighted by atomic mass is 32.2. The standard InChI is InChI=1S/C22H19N3OS/c1-27-19-10-5-9-18(14-19)24-22(26)23-17-8-4-7-15(12-17)21-13-16-6-2-3-11-20(16)25-21/h2-14,25H,1H3,(H2,23,24,26). The van der Waals surface area contributed by atoms with E-state index >= 15 is 0 Å². The van der Waals surface area contributed by atoms with Crippen molar-refractivity contribution in [2.75, 3.05) is 16.9 Å². The van der Waals surface area contributed by atoms with Gasteiger partial charge in [0.05, 0.1) is 0 Å². The van der Waals surface area contributed by atoms with E-state index < -0.39 is 0 Å². The number of benzene rings is 3. The van der Waals surface area contributed by atoms with Crippen molar-refractivity contribution < 1.29 is 4.79 Å². The number of H-pyrrole nitrogens is 1. The Hall–Kier alpha value is -3.18. The Morgan fingerprint density at radius 1 is 0.852 bits per heavy atom. The molecule has 2 amide bonds. The summed E-state index contributed by atoms with van der Waals surface area (Å²) in [6.45, 7) is 0. The molecule has 0 unspecified atom stereocenters. The number of anilines is 2. The van der Waals surface area contributed by atoms with Crippen LogP contribution >= 0.6 is 11.8 Å². The third-order valence-electron chi connectivity index (χ3n) is 4.29. The summed E-state index contributed by atoms with van der Waals surface area (Å²) in [5.41, 5.74) is 4.65. The van der Waals surface area contributed by atoms with Gasteiger partial charge in [-0.1, -0.05) is 36.4 Å². The van der Waals surface area contributed by atoms with Crippen LogP contribution in [0.3, 0.4) is 0 Å². The fraction of sp³-hybridized carbons (Fsp3) is 0.0455. The molecule has 4 rings (SSSR count). The highest BCUT2D eigenvalue weighted by Crippen LogP contribution is 2.26. The van der Waals surface area contributed by atoms with Crippen LogP contribution < -0.4 is 10.6 Å². The smallest absolute Gasteiger partial charge is 0.323 e. The number of thioether (sulfide) groups is 1. The number of para-hydroxylation sites is 1. The number of hydrogen-bond donors (Lipinski definition) is 3. The van der Waals surface area contributed by atoms with Gasteiger partial charge in [0.15, 0.2) is 0 Å². The predicted octanol–water partition coefficient (Wildman–Crippen LogP) is 6.20. The number of hydrogen-bond acceptors (Lipinski definition) is 2. The lowest BCUT2D eigenvalue weighted by Gasteiger charge is -2.09. The van der Waals surface area contributed by atoms with Crippen LogP contribution in [0.25, 0.3) is 22.2 Å². The topological polar surface area (TPSA) is 56.9 Å². The molecule has 0 saturated heterocycles. The highest BCUT2D eigenvalue weighted by Gasteiger charge is 2.07. The van der Waals surface area contributed by atoms with Crippen LogP contribution in [-0.4, -0.2) is 17.3 Å². The number of aromatic nitrogens is 1. The summed E-state index contributed by atoms with van der Waals surface area (Å²) in [7, 11) is 0. The highest BCUT2D eigenvalue weighted by molar-refractivity contribution is 7.98. The van der Waals surface area contributed by atoms with Crippen molar-refractivity contribution in [1.82, 2.24) is 4.98 Å². The number of carbonyl (C=O) groups excluding carboxylic acids is 1. The van der Waals surface area contributed by atoms with Crippen molar-refractivity contribution in [2.45, 2.75) is 4.90 Å². The van der Waals surface area contributed by atoms with Gasteiger partial charge in [-0.3, -0.25) is 0 Å². The first-order valence-corrected chi connectivity index (χ1v) is 9.84. The van der Waals surface area contributed by atoms with E-state index in [1.54, 1.807) is 11.8 Å². The molecule has 3 aromatic carbocycles. The van der Waals surface area contributed by atoms with Gasteiger partial charge in [-0.05, 0) is 48.7 Å². The average Bonchev–Trinajstić information content (AvgIpc) is 3.12. The Bertz CT molecular complexity index is 1070. The molecular formula is C22H19N3OS. The summed E-state index contributed by atoms with van der Waals surface area (Å²) >= 11 is 1.64. The summed E-state index contributed by atoms with van der Waals surface area (Å²) in [6.07, 6.45) is 2.01. The quantitative estimate of drug-likeness (QED) is 0.373. The zero-order valence-electron chi connectivity index (χ0n) is 14.8. The maximum absolute atomic E-state index is 12.3. The van der Waals surface area contributed by atoms with Crippen molar-refractivity contribution in [3.63, 3.8) is 0 Å². The fourth-order valence-corrected chi connectivity index (χ4v) is 3.45.